The maximum absolute atomic E-state index is 13.0. The van der Waals surface area contributed by atoms with Crippen molar-refractivity contribution in [3.63, 3.8) is 0 Å². The third-order valence-corrected chi connectivity index (χ3v) is 5.20. The summed E-state index contributed by atoms with van der Waals surface area (Å²) in [7, 11) is 0. The number of hydrogen-bond acceptors (Lipinski definition) is 5. The summed E-state index contributed by atoms with van der Waals surface area (Å²) in [5.74, 6) is -0.352. The molecule has 1 amide bonds. The van der Waals surface area contributed by atoms with Crippen molar-refractivity contribution in [2.45, 2.75) is 11.0 Å². The van der Waals surface area contributed by atoms with Gasteiger partial charge in [0.05, 0.1) is 18.1 Å². The molecule has 136 valence electrons. The number of thioether (sulfide) groups is 1. The van der Waals surface area contributed by atoms with Crippen LogP contribution in [0.25, 0.3) is 0 Å². The lowest BCUT2D eigenvalue weighted by Crippen LogP contribution is -2.42. The van der Waals surface area contributed by atoms with Crippen LogP contribution in [0.3, 0.4) is 0 Å². The summed E-state index contributed by atoms with van der Waals surface area (Å²) in [4.78, 5) is 26.2. The fourth-order valence-corrected chi connectivity index (χ4v) is 3.42. The number of halogens is 1. The number of carbonyl (C=O) groups is 1. The minimum Gasteiger partial charge on any atom is -0.370 e. The Kier molecular flexibility index (Phi) is 5.80. The van der Waals surface area contributed by atoms with E-state index in [2.05, 4.69) is 0 Å². The Balaban J connectivity index is 1.85. The van der Waals surface area contributed by atoms with E-state index in [1.807, 2.05) is 18.4 Å². The van der Waals surface area contributed by atoms with E-state index < -0.39 is 4.92 Å². The molecule has 8 heteroatoms. The number of rotatable bonds is 4. The van der Waals surface area contributed by atoms with Gasteiger partial charge in [0.25, 0.3) is 11.6 Å². The molecule has 1 unspecified atom stereocenters. The SMILES string of the molecule is CSc1ccc([N+](=O)[O-])c(C(=O)N2CCOC(c3ccc(Cl)cc3)C2)c1. The van der Waals surface area contributed by atoms with Crippen LogP contribution < -0.4 is 0 Å². The van der Waals surface area contributed by atoms with Gasteiger partial charge < -0.3 is 9.64 Å². The van der Waals surface area contributed by atoms with Gasteiger partial charge in [-0.15, -0.1) is 11.8 Å². The maximum atomic E-state index is 13.0. The highest BCUT2D eigenvalue weighted by Gasteiger charge is 2.30. The predicted molar refractivity (Wildman–Crippen MR) is 101 cm³/mol. The molecule has 1 atom stereocenters. The average molecular weight is 393 g/mol. The van der Waals surface area contributed by atoms with Crippen LogP contribution in [0.4, 0.5) is 5.69 Å². The maximum Gasteiger partial charge on any atom is 0.282 e. The Morgan fingerprint density at radius 3 is 2.69 bits per heavy atom. The van der Waals surface area contributed by atoms with Crippen molar-refractivity contribution in [3.8, 4) is 0 Å². The first-order valence-electron chi connectivity index (χ1n) is 7.98. The molecule has 1 saturated heterocycles. The lowest BCUT2D eigenvalue weighted by Gasteiger charge is -2.33. The lowest BCUT2D eigenvalue weighted by atomic mass is 10.1. The van der Waals surface area contributed by atoms with E-state index in [0.717, 1.165) is 10.5 Å². The van der Waals surface area contributed by atoms with Crippen LogP contribution >= 0.6 is 23.4 Å². The average Bonchev–Trinajstić information content (AvgIpc) is 2.67. The Labute approximate surface area is 160 Å². The van der Waals surface area contributed by atoms with Gasteiger partial charge in [-0.05, 0) is 36.1 Å². The number of morpholine rings is 1. The van der Waals surface area contributed by atoms with E-state index in [-0.39, 0.29) is 23.3 Å². The highest BCUT2D eigenvalue weighted by Crippen LogP contribution is 2.29. The van der Waals surface area contributed by atoms with E-state index in [1.54, 1.807) is 29.2 Å². The van der Waals surface area contributed by atoms with Crippen molar-refractivity contribution >= 4 is 35.0 Å². The highest BCUT2D eigenvalue weighted by molar-refractivity contribution is 7.98. The molecule has 26 heavy (non-hydrogen) atoms. The largest absolute Gasteiger partial charge is 0.370 e. The summed E-state index contributed by atoms with van der Waals surface area (Å²) in [6.45, 7) is 1.10. The molecule has 0 aliphatic carbocycles. The van der Waals surface area contributed by atoms with E-state index in [0.29, 0.717) is 24.7 Å². The lowest BCUT2D eigenvalue weighted by molar-refractivity contribution is -0.385. The van der Waals surface area contributed by atoms with Crippen molar-refractivity contribution in [2.24, 2.45) is 0 Å². The number of nitro benzene ring substituents is 1. The first-order valence-corrected chi connectivity index (χ1v) is 9.58. The van der Waals surface area contributed by atoms with Crippen molar-refractivity contribution in [1.29, 1.82) is 0 Å². The van der Waals surface area contributed by atoms with Crippen molar-refractivity contribution < 1.29 is 14.5 Å². The van der Waals surface area contributed by atoms with E-state index in [4.69, 9.17) is 16.3 Å². The van der Waals surface area contributed by atoms with Crippen molar-refractivity contribution in [2.75, 3.05) is 26.0 Å². The number of ether oxygens (including phenoxy) is 1. The standard InChI is InChI=1S/C18H17ClN2O4S/c1-26-14-6-7-16(21(23)24)15(10-14)18(22)20-8-9-25-17(11-20)12-2-4-13(19)5-3-12/h2-7,10,17H,8-9,11H2,1H3. The quantitative estimate of drug-likeness (QED) is 0.443. The molecule has 0 N–H and O–H groups in total. The molecule has 0 aromatic heterocycles. The number of carbonyl (C=O) groups excluding carboxylic acids is 1. The molecule has 0 radical (unpaired) electrons. The number of nitro groups is 1. The molecular weight excluding hydrogens is 376 g/mol. The molecule has 1 fully saturated rings. The molecule has 1 heterocycles. The third kappa shape index (κ3) is 4.00. The molecule has 0 bridgehead atoms. The van der Waals surface area contributed by atoms with Gasteiger partial charge in [0.2, 0.25) is 0 Å². The van der Waals surface area contributed by atoms with Crippen molar-refractivity contribution in [3.05, 3.63) is 68.7 Å². The molecule has 2 aromatic carbocycles. The van der Waals surface area contributed by atoms with Crippen LogP contribution in [-0.4, -0.2) is 41.7 Å². The second-order valence-electron chi connectivity index (χ2n) is 5.80. The van der Waals surface area contributed by atoms with Gasteiger partial charge >= 0.3 is 0 Å². The van der Waals surface area contributed by atoms with Crippen LogP contribution in [0.2, 0.25) is 5.02 Å². The first kappa shape index (κ1) is 18.7. The zero-order valence-corrected chi connectivity index (χ0v) is 15.6. The Bertz CT molecular complexity index is 828. The molecule has 3 rings (SSSR count). The van der Waals surface area contributed by atoms with Crippen LogP contribution in [0.1, 0.15) is 22.0 Å². The Morgan fingerprint density at radius 1 is 1.31 bits per heavy atom. The monoisotopic (exact) mass is 392 g/mol. The van der Waals surface area contributed by atoms with Gasteiger partial charge in [0.1, 0.15) is 11.7 Å². The second-order valence-corrected chi connectivity index (χ2v) is 7.12. The molecular formula is C18H17ClN2O4S. The minimum absolute atomic E-state index is 0.110. The number of nitrogens with zero attached hydrogens (tertiary/aromatic N) is 2. The highest BCUT2D eigenvalue weighted by atomic mass is 35.5. The number of amides is 1. The van der Waals surface area contributed by atoms with Crippen LogP contribution in [-0.2, 0) is 4.74 Å². The smallest absolute Gasteiger partial charge is 0.282 e. The van der Waals surface area contributed by atoms with Crippen LogP contribution in [0, 0.1) is 10.1 Å². The summed E-state index contributed by atoms with van der Waals surface area (Å²) in [5.41, 5.74) is 0.847. The number of benzene rings is 2. The van der Waals surface area contributed by atoms with E-state index in [9.17, 15) is 14.9 Å². The van der Waals surface area contributed by atoms with Gasteiger partial charge in [0.15, 0.2) is 0 Å². The van der Waals surface area contributed by atoms with Gasteiger partial charge in [0, 0.05) is 22.5 Å². The summed E-state index contributed by atoms with van der Waals surface area (Å²) in [6, 6.07) is 11.9. The predicted octanol–water partition coefficient (Wildman–Crippen LogP) is 4.18. The fourth-order valence-electron chi connectivity index (χ4n) is 2.86. The van der Waals surface area contributed by atoms with Crippen molar-refractivity contribution in [1.82, 2.24) is 4.90 Å². The normalized spacial score (nSPS) is 17.2. The summed E-state index contributed by atoms with van der Waals surface area (Å²) >= 11 is 7.35. The molecule has 0 spiro atoms. The summed E-state index contributed by atoms with van der Waals surface area (Å²) in [5, 5.41) is 11.9. The topological polar surface area (TPSA) is 72.7 Å². The zero-order chi connectivity index (χ0) is 18.7. The fraction of sp³-hybridized carbons (Fsp3) is 0.278. The van der Waals surface area contributed by atoms with Gasteiger partial charge in [-0.1, -0.05) is 23.7 Å². The summed E-state index contributed by atoms with van der Waals surface area (Å²) in [6.07, 6.45) is 1.58. The van der Waals surface area contributed by atoms with Gasteiger partial charge in [-0.2, -0.15) is 0 Å². The molecule has 2 aromatic rings. The van der Waals surface area contributed by atoms with Gasteiger partial charge in [-0.3, -0.25) is 14.9 Å². The zero-order valence-electron chi connectivity index (χ0n) is 14.1. The molecule has 1 aliphatic heterocycles. The Hall–Kier alpha value is -2.09. The van der Waals surface area contributed by atoms with E-state index >= 15 is 0 Å². The first-order chi connectivity index (χ1) is 12.5. The van der Waals surface area contributed by atoms with E-state index in [1.165, 1.54) is 17.8 Å². The summed E-state index contributed by atoms with van der Waals surface area (Å²) < 4.78 is 5.77. The van der Waals surface area contributed by atoms with Crippen LogP contribution in [0.5, 0.6) is 0 Å². The van der Waals surface area contributed by atoms with Crippen LogP contribution in [0.15, 0.2) is 47.4 Å². The minimum atomic E-state index is -0.519. The third-order valence-electron chi connectivity index (χ3n) is 4.23. The number of hydrogen-bond donors (Lipinski definition) is 0. The molecule has 0 saturated carbocycles. The van der Waals surface area contributed by atoms with Gasteiger partial charge in [-0.25, -0.2) is 0 Å². The molecule has 1 aliphatic rings. The second kappa shape index (κ2) is 8.07. The Morgan fingerprint density at radius 2 is 2.04 bits per heavy atom. The molecule has 6 nitrogen and oxygen atoms in total.